The predicted octanol–water partition coefficient (Wildman–Crippen LogP) is 2.79. The van der Waals surface area contributed by atoms with Gasteiger partial charge in [0.05, 0.1) is 4.90 Å². The molecule has 0 heterocycles. The molecule has 1 unspecified atom stereocenters. The van der Waals surface area contributed by atoms with E-state index in [0.717, 1.165) is 6.26 Å². The zero-order valence-corrected chi connectivity index (χ0v) is 11.6. The first-order chi connectivity index (χ1) is 8.10. The third-order valence-electron chi connectivity index (χ3n) is 1.99. The van der Waals surface area contributed by atoms with Gasteiger partial charge in [-0.3, -0.25) is 0 Å². The van der Waals surface area contributed by atoms with Crippen LogP contribution >= 0.6 is 15.9 Å². The SMILES string of the molecule is CS(=O)(=O)c1cccc(OCC(Br)C(F)(F)F)c1. The molecule has 1 aromatic rings. The summed E-state index contributed by atoms with van der Waals surface area (Å²) in [6.45, 7) is -0.628. The van der Waals surface area contributed by atoms with Crippen molar-refractivity contribution in [2.45, 2.75) is 15.9 Å². The molecule has 0 aliphatic rings. The quantitative estimate of drug-likeness (QED) is 0.787. The van der Waals surface area contributed by atoms with E-state index in [4.69, 9.17) is 4.74 Å². The molecule has 3 nitrogen and oxygen atoms in total. The molecular weight excluding hydrogens is 337 g/mol. The number of alkyl halides is 4. The van der Waals surface area contributed by atoms with Gasteiger partial charge in [0.1, 0.15) is 17.2 Å². The van der Waals surface area contributed by atoms with Crippen LogP contribution in [0, 0.1) is 0 Å². The first-order valence-electron chi connectivity index (χ1n) is 4.74. The number of hydrogen-bond acceptors (Lipinski definition) is 3. The van der Waals surface area contributed by atoms with Crippen molar-refractivity contribution in [3.63, 3.8) is 0 Å². The van der Waals surface area contributed by atoms with Crippen molar-refractivity contribution in [1.29, 1.82) is 0 Å². The summed E-state index contributed by atoms with van der Waals surface area (Å²) in [5.41, 5.74) is 0. The molecule has 0 aliphatic heterocycles. The largest absolute Gasteiger partial charge is 0.492 e. The summed E-state index contributed by atoms with van der Waals surface area (Å²) in [4.78, 5) is -1.80. The second-order valence-electron chi connectivity index (χ2n) is 3.57. The van der Waals surface area contributed by atoms with Gasteiger partial charge >= 0.3 is 6.18 Å². The van der Waals surface area contributed by atoms with Gasteiger partial charge in [0.25, 0.3) is 0 Å². The zero-order chi connectivity index (χ0) is 14.0. The topological polar surface area (TPSA) is 43.4 Å². The summed E-state index contributed by atoms with van der Waals surface area (Å²) in [5, 5.41) is 0. The summed E-state index contributed by atoms with van der Waals surface area (Å²) in [7, 11) is -3.41. The first-order valence-corrected chi connectivity index (χ1v) is 7.55. The Bertz CT molecular complexity index is 513. The maximum atomic E-state index is 12.2. The monoisotopic (exact) mass is 346 g/mol. The van der Waals surface area contributed by atoms with E-state index < -0.39 is 27.4 Å². The molecule has 0 saturated carbocycles. The lowest BCUT2D eigenvalue weighted by molar-refractivity contribution is -0.132. The molecule has 1 rings (SSSR count). The fraction of sp³-hybridized carbons (Fsp3) is 0.400. The van der Waals surface area contributed by atoms with Gasteiger partial charge in [-0.1, -0.05) is 22.0 Å². The Balaban J connectivity index is 2.76. The van der Waals surface area contributed by atoms with Crippen molar-refractivity contribution in [3.8, 4) is 5.75 Å². The normalized spacial score (nSPS) is 14.3. The second-order valence-corrected chi connectivity index (χ2v) is 6.69. The van der Waals surface area contributed by atoms with Gasteiger partial charge in [0, 0.05) is 6.26 Å². The van der Waals surface area contributed by atoms with Gasteiger partial charge in [-0.05, 0) is 18.2 Å². The van der Waals surface area contributed by atoms with Gasteiger partial charge in [-0.2, -0.15) is 13.2 Å². The molecule has 102 valence electrons. The smallest absolute Gasteiger partial charge is 0.404 e. The standard InChI is InChI=1S/C10H10BrF3O3S/c1-18(15,16)8-4-2-3-7(5-8)17-6-9(11)10(12,13)14/h2-5,9H,6H2,1H3. The molecule has 0 radical (unpaired) electrons. The Morgan fingerprint density at radius 1 is 1.39 bits per heavy atom. The molecule has 0 aliphatic carbocycles. The Hall–Kier alpha value is -0.760. The van der Waals surface area contributed by atoms with Crippen LogP contribution in [0.15, 0.2) is 29.2 Å². The molecule has 0 fully saturated rings. The third kappa shape index (κ3) is 4.49. The van der Waals surface area contributed by atoms with Gasteiger partial charge in [-0.25, -0.2) is 8.42 Å². The van der Waals surface area contributed by atoms with Gasteiger partial charge < -0.3 is 4.74 Å². The first kappa shape index (κ1) is 15.3. The van der Waals surface area contributed by atoms with E-state index in [2.05, 4.69) is 15.9 Å². The van der Waals surface area contributed by atoms with Gasteiger partial charge in [0.2, 0.25) is 0 Å². The molecule has 0 saturated heterocycles. The molecular formula is C10H10BrF3O3S. The molecule has 0 N–H and O–H groups in total. The fourth-order valence-corrected chi connectivity index (χ4v) is 1.85. The van der Waals surface area contributed by atoms with Crippen LogP contribution in [0.1, 0.15) is 0 Å². The van der Waals surface area contributed by atoms with Gasteiger partial charge in [0.15, 0.2) is 9.84 Å². The molecule has 1 atom stereocenters. The highest BCUT2D eigenvalue weighted by Gasteiger charge is 2.38. The minimum absolute atomic E-state index is 0.00173. The van der Waals surface area contributed by atoms with Crippen LogP contribution in [-0.4, -0.2) is 32.3 Å². The lowest BCUT2D eigenvalue weighted by Crippen LogP contribution is -2.28. The number of halogens is 4. The molecule has 8 heteroatoms. The lowest BCUT2D eigenvalue weighted by atomic mass is 10.3. The number of hydrogen-bond donors (Lipinski definition) is 0. The summed E-state index contributed by atoms with van der Waals surface area (Å²) in [6, 6.07) is 5.33. The van der Waals surface area contributed by atoms with E-state index in [0.29, 0.717) is 0 Å². The van der Waals surface area contributed by atoms with E-state index >= 15 is 0 Å². The summed E-state index contributed by atoms with van der Waals surface area (Å²) >= 11 is 2.45. The average molecular weight is 347 g/mol. The van der Waals surface area contributed by atoms with Crippen LogP contribution in [0.25, 0.3) is 0 Å². The zero-order valence-electron chi connectivity index (χ0n) is 9.24. The molecule has 18 heavy (non-hydrogen) atoms. The van der Waals surface area contributed by atoms with Crippen LogP contribution in [0.4, 0.5) is 13.2 Å². The fourth-order valence-electron chi connectivity index (χ4n) is 1.06. The van der Waals surface area contributed by atoms with Crippen LogP contribution in [0.2, 0.25) is 0 Å². The van der Waals surface area contributed by atoms with Crippen molar-refractivity contribution in [1.82, 2.24) is 0 Å². The van der Waals surface area contributed by atoms with Crippen molar-refractivity contribution in [2.75, 3.05) is 12.9 Å². The van der Waals surface area contributed by atoms with Crippen LogP contribution in [-0.2, 0) is 9.84 Å². The average Bonchev–Trinajstić information content (AvgIpc) is 2.23. The predicted molar refractivity (Wildman–Crippen MR) is 63.8 cm³/mol. The highest BCUT2D eigenvalue weighted by atomic mass is 79.9. The van der Waals surface area contributed by atoms with E-state index in [1.807, 2.05) is 0 Å². The van der Waals surface area contributed by atoms with E-state index in [1.54, 1.807) is 0 Å². The van der Waals surface area contributed by atoms with Crippen molar-refractivity contribution in [2.24, 2.45) is 0 Å². The Morgan fingerprint density at radius 3 is 2.50 bits per heavy atom. The van der Waals surface area contributed by atoms with Crippen molar-refractivity contribution >= 4 is 25.8 Å². The number of rotatable bonds is 4. The number of sulfone groups is 1. The Kier molecular flexibility index (Phi) is 4.66. The maximum Gasteiger partial charge on any atom is 0.404 e. The van der Waals surface area contributed by atoms with Crippen molar-refractivity contribution in [3.05, 3.63) is 24.3 Å². The molecule has 1 aromatic carbocycles. The van der Waals surface area contributed by atoms with E-state index in [1.165, 1.54) is 24.3 Å². The lowest BCUT2D eigenvalue weighted by Gasteiger charge is -2.15. The molecule has 0 bridgehead atoms. The highest BCUT2D eigenvalue weighted by molar-refractivity contribution is 9.09. The molecule has 0 aromatic heterocycles. The minimum atomic E-state index is -4.41. The summed E-state index contributed by atoms with van der Waals surface area (Å²) in [6.07, 6.45) is -3.40. The maximum absolute atomic E-state index is 12.2. The Labute approximate surface area is 111 Å². The van der Waals surface area contributed by atoms with Crippen LogP contribution in [0.3, 0.4) is 0 Å². The Morgan fingerprint density at radius 2 is 2.00 bits per heavy atom. The summed E-state index contributed by atoms with van der Waals surface area (Å²) < 4.78 is 64.0. The number of ether oxygens (including phenoxy) is 1. The highest BCUT2D eigenvalue weighted by Crippen LogP contribution is 2.27. The minimum Gasteiger partial charge on any atom is -0.492 e. The number of benzene rings is 1. The third-order valence-corrected chi connectivity index (χ3v) is 3.88. The van der Waals surface area contributed by atoms with Crippen LogP contribution in [0.5, 0.6) is 5.75 Å². The summed E-state index contributed by atoms with van der Waals surface area (Å²) in [5.74, 6) is 0.0756. The van der Waals surface area contributed by atoms with E-state index in [9.17, 15) is 21.6 Å². The van der Waals surface area contributed by atoms with Crippen molar-refractivity contribution < 1.29 is 26.3 Å². The van der Waals surface area contributed by atoms with Gasteiger partial charge in [-0.15, -0.1) is 0 Å². The molecule has 0 spiro atoms. The van der Waals surface area contributed by atoms with E-state index in [-0.39, 0.29) is 10.6 Å². The van der Waals surface area contributed by atoms with Crippen LogP contribution < -0.4 is 4.74 Å². The molecule has 0 amide bonds. The second kappa shape index (κ2) is 5.48.